The summed E-state index contributed by atoms with van der Waals surface area (Å²) in [6.07, 6.45) is 3.87. The number of amides is 2. The molecule has 2 amide bonds. The van der Waals surface area contributed by atoms with Gasteiger partial charge in [0.05, 0.1) is 0 Å². The van der Waals surface area contributed by atoms with E-state index in [2.05, 4.69) is 16.0 Å². The Hall–Kier alpha value is -3.59. The highest BCUT2D eigenvalue weighted by Crippen LogP contribution is 2.41. The highest BCUT2D eigenvalue weighted by atomic mass is 32.2. The van der Waals surface area contributed by atoms with E-state index in [1.54, 1.807) is 60.7 Å². The average Bonchev–Trinajstić information content (AvgIpc) is 2.98. The zero-order valence-corrected chi connectivity index (χ0v) is 18.7. The molecule has 33 heavy (non-hydrogen) atoms. The van der Waals surface area contributed by atoms with Crippen molar-refractivity contribution in [3.63, 3.8) is 0 Å². The number of aliphatic hydroxyl groups excluding tert-OH is 1. The topological polar surface area (TPSA) is 125 Å². The molecule has 2 aromatic rings. The van der Waals surface area contributed by atoms with Gasteiger partial charge in [-0.2, -0.15) is 0 Å². The summed E-state index contributed by atoms with van der Waals surface area (Å²) in [5.74, 6) is -2.11. The average molecular weight is 468 g/mol. The zero-order chi connectivity index (χ0) is 23.5. The first-order chi connectivity index (χ1) is 15.8. The van der Waals surface area contributed by atoms with E-state index >= 15 is 0 Å². The van der Waals surface area contributed by atoms with Gasteiger partial charge in [0.15, 0.2) is 0 Å². The number of carbonyl (C=O) groups is 2. The van der Waals surface area contributed by atoms with Gasteiger partial charge in [-0.15, -0.1) is 0 Å². The van der Waals surface area contributed by atoms with Crippen molar-refractivity contribution >= 4 is 33.0 Å². The van der Waals surface area contributed by atoms with Crippen LogP contribution in [-0.4, -0.2) is 30.2 Å². The molecule has 9 heteroatoms. The predicted octanol–water partition coefficient (Wildman–Crippen LogP) is 3.60. The van der Waals surface area contributed by atoms with Gasteiger partial charge < -0.3 is 21.1 Å². The molecule has 0 atom stereocenters. The summed E-state index contributed by atoms with van der Waals surface area (Å²) in [6.45, 7) is 0. The first-order valence-electron chi connectivity index (χ1n) is 10.7. The lowest BCUT2D eigenvalue weighted by atomic mass is 9.95. The molecule has 0 unspecified atom stereocenters. The van der Waals surface area contributed by atoms with E-state index in [0.717, 1.165) is 12.5 Å². The third-order valence-corrected chi connectivity index (χ3v) is 8.30. The summed E-state index contributed by atoms with van der Waals surface area (Å²) in [5.41, 5.74) is 0.568. The number of aliphatic hydroxyl groups is 1. The molecule has 1 spiro atoms. The molecule has 2 aromatic carbocycles. The van der Waals surface area contributed by atoms with Gasteiger partial charge in [-0.25, -0.2) is 8.42 Å². The Morgan fingerprint density at radius 3 is 2.03 bits per heavy atom. The van der Waals surface area contributed by atoms with Crippen LogP contribution in [0.4, 0.5) is 11.4 Å². The van der Waals surface area contributed by atoms with E-state index in [4.69, 9.17) is 0 Å². The molecule has 4 rings (SSSR count). The van der Waals surface area contributed by atoms with Crippen LogP contribution in [0.5, 0.6) is 0 Å². The molecule has 1 saturated heterocycles. The van der Waals surface area contributed by atoms with E-state index in [0.29, 0.717) is 37.1 Å². The molecule has 8 nitrogen and oxygen atoms in total. The SMILES string of the molecule is O=C1NC2(CCCCC2)S(=O)(=O)/C1=C/C(C(=O)Nc1ccccc1)=C(\O)Nc1ccccc1. The molecule has 4 N–H and O–H groups in total. The first kappa shape index (κ1) is 22.6. The van der Waals surface area contributed by atoms with Gasteiger partial charge in [0.25, 0.3) is 11.8 Å². The van der Waals surface area contributed by atoms with E-state index in [-0.39, 0.29) is 5.57 Å². The zero-order valence-electron chi connectivity index (χ0n) is 17.9. The molecule has 0 bridgehead atoms. The van der Waals surface area contributed by atoms with E-state index < -0.39 is 37.3 Å². The summed E-state index contributed by atoms with van der Waals surface area (Å²) in [7, 11) is -4.06. The second-order valence-electron chi connectivity index (χ2n) is 8.09. The fourth-order valence-electron chi connectivity index (χ4n) is 4.15. The molecule has 0 radical (unpaired) electrons. The van der Waals surface area contributed by atoms with Crippen molar-refractivity contribution in [3.05, 3.63) is 83.1 Å². The maximum atomic E-state index is 13.4. The molecular formula is C24H25N3O5S. The molecule has 172 valence electrons. The second-order valence-corrected chi connectivity index (χ2v) is 10.3. The molecular weight excluding hydrogens is 442 g/mol. The lowest BCUT2D eigenvalue weighted by Crippen LogP contribution is -2.47. The molecule has 1 heterocycles. The van der Waals surface area contributed by atoms with Crippen molar-refractivity contribution in [2.24, 2.45) is 0 Å². The second kappa shape index (κ2) is 9.11. The Balaban J connectivity index is 1.75. The molecule has 1 saturated carbocycles. The van der Waals surface area contributed by atoms with Crippen LogP contribution >= 0.6 is 0 Å². The quantitative estimate of drug-likeness (QED) is 0.393. The largest absolute Gasteiger partial charge is 0.494 e. The standard InChI is InChI=1S/C24H25N3O5S/c28-21(25-17-10-4-1-5-11-17)19(22(29)26-18-12-6-2-7-13-18)16-20-23(30)27-24(33(20,31)32)14-8-3-9-15-24/h1-2,4-7,10-13,16,25,28H,3,8-9,14-15H2,(H,26,29)(H,27,30)/b20-16+,21-19+. The Morgan fingerprint density at radius 2 is 1.45 bits per heavy atom. The van der Waals surface area contributed by atoms with Gasteiger partial charge in [-0.3, -0.25) is 9.59 Å². The van der Waals surface area contributed by atoms with Crippen LogP contribution in [0.25, 0.3) is 0 Å². The van der Waals surface area contributed by atoms with Crippen LogP contribution in [0.1, 0.15) is 32.1 Å². The lowest BCUT2D eigenvalue weighted by molar-refractivity contribution is -0.117. The van der Waals surface area contributed by atoms with E-state index in [1.807, 2.05) is 0 Å². The number of hydrogen-bond acceptors (Lipinski definition) is 6. The maximum Gasteiger partial charge on any atom is 0.264 e. The number of sulfone groups is 1. The number of benzene rings is 2. The highest BCUT2D eigenvalue weighted by molar-refractivity contribution is 7.98. The maximum absolute atomic E-state index is 13.4. The molecule has 1 aliphatic heterocycles. The van der Waals surface area contributed by atoms with Crippen LogP contribution in [0.3, 0.4) is 0 Å². The summed E-state index contributed by atoms with van der Waals surface area (Å²) in [5, 5.41) is 18.7. The lowest BCUT2D eigenvalue weighted by Gasteiger charge is -2.31. The van der Waals surface area contributed by atoms with E-state index in [1.165, 1.54) is 0 Å². The Kier molecular flexibility index (Phi) is 6.24. The summed E-state index contributed by atoms with van der Waals surface area (Å²) in [4.78, 5) is 23.9. The smallest absolute Gasteiger partial charge is 0.264 e. The normalized spacial score (nSPS) is 20.7. The first-order valence-corrected chi connectivity index (χ1v) is 12.2. The molecule has 2 fully saturated rings. The Morgan fingerprint density at radius 1 is 0.909 bits per heavy atom. The Bertz CT molecular complexity index is 1220. The van der Waals surface area contributed by atoms with Gasteiger partial charge in [-0.1, -0.05) is 55.7 Å². The van der Waals surface area contributed by atoms with Crippen LogP contribution in [-0.2, 0) is 19.4 Å². The third kappa shape index (κ3) is 4.49. The van der Waals surface area contributed by atoms with Crippen molar-refractivity contribution in [2.75, 3.05) is 10.6 Å². The fourth-order valence-corrected chi connectivity index (χ4v) is 6.19. The van der Waals surface area contributed by atoms with E-state index in [9.17, 15) is 23.1 Å². The predicted molar refractivity (Wildman–Crippen MR) is 126 cm³/mol. The van der Waals surface area contributed by atoms with Crippen LogP contribution in [0, 0.1) is 0 Å². The summed E-state index contributed by atoms with van der Waals surface area (Å²) < 4.78 is 26.7. The fraction of sp³-hybridized carbons (Fsp3) is 0.250. The van der Waals surface area contributed by atoms with Crippen molar-refractivity contribution in [1.29, 1.82) is 0 Å². The minimum absolute atomic E-state index is 0.321. The van der Waals surface area contributed by atoms with Gasteiger partial charge in [0.2, 0.25) is 15.7 Å². The van der Waals surface area contributed by atoms with Gasteiger partial charge >= 0.3 is 0 Å². The monoisotopic (exact) mass is 467 g/mol. The molecule has 1 aliphatic carbocycles. The summed E-state index contributed by atoms with van der Waals surface area (Å²) >= 11 is 0. The molecule has 0 aromatic heterocycles. The summed E-state index contributed by atoms with van der Waals surface area (Å²) in [6, 6.07) is 17.1. The van der Waals surface area contributed by atoms with Crippen molar-refractivity contribution < 1.29 is 23.1 Å². The number of anilines is 2. The van der Waals surface area contributed by atoms with Crippen molar-refractivity contribution in [2.45, 2.75) is 37.0 Å². The highest BCUT2D eigenvalue weighted by Gasteiger charge is 2.55. The minimum Gasteiger partial charge on any atom is -0.494 e. The number of rotatable bonds is 5. The van der Waals surface area contributed by atoms with Crippen LogP contribution < -0.4 is 16.0 Å². The van der Waals surface area contributed by atoms with Crippen molar-refractivity contribution in [3.8, 4) is 0 Å². The minimum atomic E-state index is -4.06. The third-order valence-electron chi connectivity index (χ3n) is 5.87. The van der Waals surface area contributed by atoms with Crippen LogP contribution in [0.2, 0.25) is 0 Å². The van der Waals surface area contributed by atoms with Gasteiger partial charge in [0, 0.05) is 11.4 Å². The van der Waals surface area contributed by atoms with Gasteiger partial charge in [-0.05, 0) is 43.2 Å². The van der Waals surface area contributed by atoms with Gasteiger partial charge in [0.1, 0.15) is 15.3 Å². The molecule has 2 aliphatic rings. The number of carbonyl (C=O) groups excluding carboxylic acids is 2. The number of para-hydroxylation sites is 2. The van der Waals surface area contributed by atoms with Crippen molar-refractivity contribution in [1.82, 2.24) is 5.32 Å². The Labute approximate surface area is 192 Å². The van der Waals surface area contributed by atoms with Crippen LogP contribution in [0.15, 0.2) is 83.1 Å². The number of nitrogens with one attached hydrogen (secondary N) is 3. The number of hydrogen-bond donors (Lipinski definition) is 4.